The second kappa shape index (κ2) is 7.92. The van der Waals surface area contributed by atoms with Gasteiger partial charge in [-0.2, -0.15) is 57.1 Å². The lowest BCUT2D eigenvalue weighted by Gasteiger charge is -2.39. The summed E-state index contributed by atoms with van der Waals surface area (Å²) >= 11 is 0. The van der Waals surface area contributed by atoms with E-state index in [1.165, 1.54) is 0 Å². The molecule has 0 radical (unpaired) electrons. The third-order valence-electron chi connectivity index (χ3n) is 3.85. The molecular formula is C15H17F13O2. The lowest BCUT2D eigenvalue weighted by Crippen LogP contribution is -2.70. The van der Waals surface area contributed by atoms with Crippen LogP contribution in [-0.4, -0.2) is 48.4 Å². The van der Waals surface area contributed by atoms with Gasteiger partial charge in [-0.05, 0) is 26.2 Å². The zero-order chi connectivity index (χ0) is 24.8. The average molecular weight is 476 g/mol. The zero-order valence-electron chi connectivity index (χ0n) is 15.7. The molecule has 0 aromatic rings. The second-order valence-corrected chi connectivity index (χ2v) is 7.56. The van der Waals surface area contributed by atoms with E-state index in [1.54, 1.807) is 13.8 Å². The van der Waals surface area contributed by atoms with Crippen molar-refractivity contribution in [3.63, 3.8) is 0 Å². The van der Waals surface area contributed by atoms with E-state index in [1.807, 2.05) is 0 Å². The van der Waals surface area contributed by atoms with Crippen LogP contribution in [0.1, 0.15) is 34.1 Å². The molecular weight excluding hydrogens is 459 g/mol. The molecule has 0 unspecified atom stereocenters. The summed E-state index contributed by atoms with van der Waals surface area (Å²) < 4.78 is 172. The van der Waals surface area contributed by atoms with E-state index < -0.39 is 53.8 Å². The van der Waals surface area contributed by atoms with Crippen LogP contribution in [-0.2, 0) is 9.53 Å². The number of rotatable bonds is 9. The van der Waals surface area contributed by atoms with Gasteiger partial charge in [0.15, 0.2) is 6.61 Å². The molecule has 30 heavy (non-hydrogen) atoms. The second-order valence-electron chi connectivity index (χ2n) is 7.56. The maximum absolute atomic E-state index is 13.6. The number of halogens is 13. The molecule has 0 saturated heterocycles. The predicted octanol–water partition coefficient (Wildman–Crippen LogP) is 6.34. The lowest BCUT2D eigenvalue weighted by atomic mass is 9.84. The van der Waals surface area contributed by atoms with Crippen molar-refractivity contribution in [1.29, 1.82) is 0 Å². The zero-order valence-corrected chi connectivity index (χ0v) is 15.7. The van der Waals surface area contributed by atoms with E-state index in [-0.39, 0.29) is 12.3 Å². The highest BCUT2D eigenvalue weighted by Crippen LogP contribution is 2.60. The van der Waals surface area contributed by atoms with Crippen LogP contribution in [0.15, 0.2) is 0 Å². The van der Waals surface area contributed by atoms with Crippen LogP contribution in [0, 0.1) is 11.3 Å². The van der Waals surface area contributed by atoms with Crippen LogP contribution in [0.5, 0.6) is 0 Å². The number of esters is 1. The Morgan fingerprint density at radius 2 is 1.07 bits per heavy atom. The van der Waals surface area contributed by atoms with Gasteiger partial charge in [-0.1, -0.05) is 13.8 Å². The van der Waals surface area contributed by atoms with Crippen LogP contribution in [0.2, 0.25) is 0 Å². The molecule has 0 aromatic heterocycles. The molecule has 0 aliphatic rings. The monoisotopic (exact) mass is 476 g/mol. The largest absolute Gasteiger partial charge is 0.460 e. The fraction of sp³-hybridized carbons (Fsp3) is 0.933. The summed E-state index contributed by atoms with van der Waals surface area (Å²) in [6.45, 7) is 2.27. The molecule has 0 bridgehead atoms. The number of ether oxygens (including phenoxy) is 1. The summed E-state index contributed by atoms with van der Waals surface area (Å²) in [5, 5.41) is 0. The molecule has 0 atom stereocenters. The number of alkyl halides is 13. The number of carbonyl (C=O) groups is 1. The van der Waals surface area contributed by atoms with Gasteiger partial charge in [-0.15, -0.1) is 0 Å². The Bertz CT molecular complexity index is 621. The number of carbonyl (C=O) groups excluding carboxylic acids is 1. The van der Waals surface area contributed by atoms with E-state index in [4.69, 9.17) is 0 Å². The highest BCUT2D eigenvalue weighted by molar-refractivity contribution is 5.75. The summed E-state index contributed by atoms with van der Waals surface area (Å²) in [5.74, 6) is -39.5. The minimum absolute atomic E-state index is 0.0835. The van der Waals surface area contributed by atoms with Crippen LogP contribution in [0.3, 0.4) is 0 Å². The van der Waals surface area contributed by atoms with Gasteiger partial charge in [-0.3, -0.25) is 4.79 Å². The Hall–Kier alpha value is -1.44. The standard InChI is InChI=1S/C15H17F13O2/c1-7(2)5-9(3,4)8(29)30-6-10(16,17)11(18,19)12(20,21)13(22,23)14(24,25)15(26,27)28/h7H,5-6H2,1-4H3. The van der Waals surface area contributed by atoms with E-state index >= 15 is 0 Å². The minimum atomic E-state index is -7.98. The number of hydrogen-bond acceptors (Lipinski definition) is 2. The Morgan fingerprint density at radius 3 is 1.40 bits per heavy atom. The third kappa shape index (κ3) is 4.73. The molecule has 0 amide bonds. The first-order chi connectivity index (χ1) is 12.8. The van der Waals surface area contributed by atoms with Crippen molar-refractivity contribution < 1.29 is 66.6 Å². The van der Waals surface area contributed by atoms with Crippen molar-refractivity contribution in [3.8, 4) is 0 Å². The van der Waals surface area contributed by atoms with Crippen molar-refractivity contribution in [1.82, 2.24) is 0 Å². The maximum Gasteiger partial charge on any atom is 0.460 e. The Morgan fingerprint density at radius 1 is 0.700 bits per heavy atom. The van der Waals surface area contributed by atoms with Crippen molar-refractivity contribution in [3.05, 3.63) is 0 Å². The first-order valence-corrected chi connectivity index (χ1v) is 7.92. The lowest BCUT2D eigenvalue weighted by molar-refractivity contribution is -0.441. The van der Waals surface area contributed by atoms with Gasteiger partial charge in [0.05, 0.1) is 5.41 Å². The van der Waals surface area contributed by atoms with Crippen LogP contribution in [0.4, 0.5) is 57.1 Å². The van der Waals surface area contributed by atoms with Crippen LogP contribution >= 0.6 is 0 Å². The highest BCUT2D eigenvalue weighted by atomic mass is 19.4. The van der Waals surface area contributed by atoms with Gasteiger partial charge >= 0.3 is 41.8 Å². The molecule has 2 nitrogen and oxygen atoms in total. The van der Waals surface area contributed by atoms with Gasteiger partial charge in [0, 0.05) is 0 Å². The fourth-order valence-electron chi connectivity index (χ4n) is 2.35. The smallest absolute Gasteiger partial charge is 0.459 e. The summed E-state index contributed by atoms with van der Waals surface area (Å²) in [6, 6.07) is 0. The molecule has 180 valence electrons. The normalized spacial score (nSPS) is 15.5. The Balaban J connectivity index is 5.90. The van der Waals surface area contributed by atoms with Crippen molar-refractivity contribution in [2.75, 3.05) is 6.61 Å². The topological polar surface area (TPSA) is 26.3 Å². The molecule has 0 aromatic carbocycles. The maximum atomic E-state index is 13.6. The third-order valence-corrected chi connectivity index (χ3v) is 3.85. The van der Waals surface area contributed by atoms with Crippen molar-refractivity contribution in [2.24, 2.45) is 11.3 Å². The molecule has 0 rings (SSSR count). The van der Waals surface area contributed by atoms with E-state index in [2.05, 4.69) is 4.74 Å². The van der Waals surface area contributed by atoms with Gasteiger partial charge in [0.2, 0.25) is 0 Å². The molecule has 15 heteroatoms. The first kappa shape index (κ1) is 28.6. The van der Waals surface area contributed by atoms with E-state index in [0.29, 0.717) is 0 Å². The van der Waals surface area contributed by atoms with Crippen LogP contribution < -0.4 is 0 Å². The molecule has 0 spiro atoms. The summed E-state index contributed by atoms with van der Waals surface area (Å²) in [5.41, 5.74) is -1.63. The summed E-state index contributed by atoms with van der Waals surface area (Å²) in [7, 11) is 0. The van der Waals surface area contributed by atoms with Gasteiger partial charge in [0.1, 0.15) is 0 Å². The van der Waals surface area contributed by atoms with Crippen molar-refractivity contribution >= 4 is 5.97 Å². The minimum Gasteiger partial charge on any atom is -0.459 e. The quantitative estimate of drug-likeness (QED) is 0.287. The molecule has 0 N–H and O–H groups in total. The van der Waals surface area contributed by atoms with Crippen LogP contribution in [0.25, 0.3) is 0 Å². The average Bonchev–Trinajstić information content (AvgIpc) is 2.49. The number of hydrogen-bond donors (Lipinski definition) is 0. The van der Waals surface area contributed by atoms with Gasteiger partial charge < -0.3 is 4.74 Å². The Labute approximate surface area is 161 Å². The summed E-state index contributed by atoms with van der Waals surface area (Å²) in [6.07, 6.45) is -7.56. The van der Waals surface area contributed by atoms with Gasteiger partial charge in [-0.25, -0.2) is 0 Å². The predicted molar refractivity (Wildman–Crippen MR) is 75.0 cm³/mol. The van der Waals surface area contributed by atoms with E-state index in [0.717, 1.165) is 13.8 Å². The highest BCUT2D eigenvalue weighted by Gasteiger charge is 2.90. The molecule has 0 fully saturated rings. The van der Waals surface area contributed by atoms with E-state index in [9.17, 15) is 61.9 Å². The SMILES string of the molecule is CC(C)CC(C)(C)C(=O)OCC(F)(F)C(F)(F)C(F)(F)C(F)(F)C(F)(F)C(F)(F)F. The van der Waals surface area contributed by atoms with Crippen molar-refractivity contribution in [2.45, 2.75) is 69.9 Å². The molecule has 0 aliphatic carbocycles. The summed E-state index contributed by atoms with van der Waals surface area (Å²) in [4.78, 5) is 11.7. The fourth-order valence-corrected chi connectivity index (χ4v) is 2.35. The van der Waals surface area contributed by atoms with Gasteiger partial charge in [0.25, 0.3) is 0 Å². The molecule has 0 saturated carbocycles. The first-order valence-electron chi connectivity index (χ1n) is 7.92. The molecule has 0 aliphatic heterocycles. The molecule has 0 heterocycles. The Kier molecular flexibility index (Phi) is 7.54.